The minimum absolute atomic E-state index is 0.0497. The highest BCUT2D eigenvalue weighted by molar-refractivity contribution is 5.76. The Morgan fingerprint density at radius 2 is 2.39 bits per heavy atom. The van der Waals surface area contributed by atoms with Crippen LogP contribution in [0.15, 0.2) is 30.9 Å². The quantitative estimate of drug-likeness (QED) is 0.821. The average Bonchev–Trinajstić information content (AvgIpc) is 3.08. The second kappa shape index (κ2) is 7.77. The minimum atomic E-state index is 0.0497. The van der Waals surface area contributed by atoms with E-state index in [1.165, 1.54) is 11.9 Å². The van der Waals surface area contributed by atoms with Crippen LogP contribution in [0.4, 0.5) is 0 Å². The summed E-state index contributed by atoms with van der Waals surface area (Å²) < 4.78 is 1.56. The highest BCUT2D eigenvalue weighted by atomic mass is 16.1. The number of carbonyl (C=O) groups excluding carboxylic acids is 1. The van der Waals surface area contributed by atoms with Crippen molar-refractivity contribution in [2.75, 3.05) is 13.1 Å². The first-order valence-corrected chi connectivity index (χ1v) is 7.91. The zero-order valence-corrected chi connectivity index (χ0v) is 13.0. The highest BCUT2D eigenvalue weighted by Gasteiger charge is 2.21. The summed E-state index contributed by atoms with van der Waals surface area (Å²) in [4.78, 5) is 18.6. The fourth-order valence-electron chi connectivity index (χ4n) is 2.87. The SMILES string of the molecule is O=C(CCn1cnnn1)N[C@H]1CCCN(Cc2cccnc2)C1. The maximum absolute atomic E-state index is 12.0. The number of hydrogen-bond donors (Lipinski definition) is 1. The molecule has 0 aromatic carbocycles. The Labute approximate surface area is 134 Å². The standard InChI is InChI=1S/C15H21N7O/c23-15(5-8-22-12-17-19-20-22)18-14-4-2-7-21(11-14)10-13-3-1-6-16-9-13/h1,3,6,9,12,14H,2,4-5,7-8,10-11H2,(H,18,23)/t14-/m0/s1. The van der Waals surface area contributed by atoms with E-state index in [0.717, 1.165) is 32.5 Å². The zero-order chi connectivity index (χ0) is 15.9. The summed E-state index contributed by atoms with van der Waals surface area (Å²) in [6, 6.07) is 4.25. The number of amides is 1. The number of tetrazole rings is 1. The molecule has 1 aliphatic heterocycles. The second-order valence-electron chi connectivity index (χ2n) is 5.83. The van der Waals surface area contributed by atoms with Gasteiger partial charge in [0.2, 0.25) is 5.91 Å². The van der Waals surface area contributed by atoms with Crippen LogP contribution in [0.25, 0.3) is 0 Å². The molecule has 3 heterocycles. The molecule has 0 radical (unpaired) electrons. The Morgan fingerprint density at radius 3 is 3.17 bits per heavy atom. The van der Waals surface area contributed by atoms with Crippen molar-refractivity contribution in [2.45, 2.75) is 38.4 Å². The molecule has 3 rings (SSSR count). The number of aryl methyl sites for hydroxylation is 1. The fourth-order valence-corrected chi connectivity index (χ4v) is 2.87. The number of hydrogen-bond acceptors (Lipinski definition) is 6. The topological polar surface area (TPSA) is 88.8 Å². The Bertz CT molecular complexity index is 602. The van der Waals surface area contributed by atoms with Crippen LogP contribution in [0.1, 0.15) is 24.8 Å². The van der Waals surface area contributed by atoms with Crippen LogP contribution in [-0.4, -0.2) is 55.1 Å². The Hall–Kier alpha value is -2.35. The van der Waals surface area contributed by atoms with Gasteiger partial charge in [0.1, 0.15) is 6.33 Å². The van der Waals surface area contributed by atoms with E-state index in [2.05, 4.69) is 36.8 Å². The van der Waals surface area contributed by atoms with E-state index in [1.54, 1.807) is 10.9 Å². The second-order valence-corrected chi connectivity index (χ2v) is 5.83. The normalized spacial score (nSPS) is 18.7. The molecular weight excluding hydrogens is 294 g/mol. The van der Waals surface area contributed by atoms with Gasteiger partial charge in [-0.3, -0.25) is 14.7 Å². The Morgan fingerprint density at radius 1 is 1.43 bits per heavy atom. The highest BCUT2D eigenvalue weighted by Crippen LogP contribution is 2.13. The molecule has 1 fully saturated rings. The van der Waals surface area contributed by atoms with Crippen LogP contribution < -0.4 is 5.32 Å². The van der Waals surface area contributed by atoms with Gasteiger partial charge >= 0.3 is 0 Å². The summed E-state index contributed by atoms with van der Waals surface area (Å²) in [5.41, 5.74) is 1.21. The van der Waals surface area contributed by atoms with Gasteiger partial charge in [-0.1, -0.05) is 6.07 Å². The van der Waals surface area contributed by atoms with Crippen LogP contribution in [0, 0.1) is 0 Å². The number of nitrogens with one attached hydrogen (secondary N) is 1. The van der Waals surface area contributed by atoms with E-state index < -0.39 is 0 Å². The Kier molecular flexibility index (Phi) is 5.25. The van der Waals surface area contributed by atoms with Gasteiger partial charge in [0.15, 0.2) is 0 Å². The van der Waals surface area contributed by atoms with E-state index in [1.807, 2.05) is 12.3 Å². The lowest BCUT2D eigenvalue weighted by Gasteiger charge is -2.33. The average molecular weight is 315 g/mol. The summed E-state index contributed by atoms with van der Waals surface area (Å²) in [6.45, 7) is 3.33. The van der Waals surface area contributed by atoms with Gasteiger partial charge in [0.25, 0.3) is 0 Å². The molecule has 1 aliphatic rings. The summed E-state index contributed by atoms with van der Waals surface area (Å²) >= 11 is 0. The number of pyridine rings is 1. The molecule has 2 aromatic rings. The third-order valence-electron chi connectivity index (χ3n) is 3.96. The third kappa shape index (κ3) is 4.82. The lowest BCUT2D eigenvalue weighted by atomic mass is 10.0. The van der Waals surface area contributed by atoms with Crippen molar-refractivity contribution >= 4 is 5.91 Å². The molecule has 0 aliphatic carbocycles. The first-order chi connectivity index (χ1) is 11.3. The monoisotopic (exact) mass is 315 g/mol. The van der Waals surface area contributed by atoms with Gasteiger partial charge in [-0.2, -0.15) is 0 Å². The van der Waals surface area contributed by atoms with Crippen molar-refractivity contribution < 1.29 is 4.79 Å². The van der Waals surface area contributed by atoms with Crippen molar-refractivity contribution in [1.29, 1.82) is 0 Å². The molecule has 1 atom stereocenters. The molecule has 0 bridgehead atoms. The molecule has 0 saturated carbocycles. The predicted octanol–water partition coefficient (Wildman–Crippen LogP) is 0.239. The van der Waals surface area contributed by atoms with Crippen LogP contribution in [0.3, 0.4) is 0 Å². The van der Waals surface area contributed by atoms with Gasteiger partial charge in [-0.05, 0) is 41.4 Å². The van der Waals surface area contributed by atoms with Crippen LogP contribution >= 0.6 is 0 Å². The van der Waals surface area contributed by atoms with Crippen molar-refractivity contribution in [3.63, 3.8) is 0 Å². The predicted molar refractivity (Wildman–Crippen MR) is 83.1 cm³/mol. The summed E-state index contributed by atoms with van der Waals surface area (Å²) in [5, 5.41) is 14.0. The van der Waals surface area contributed by atoms with E-state index in [-0.39, 0.29) is 11.9 Å². The molecule has 0 spiro atoms. The molecule has 1 N–H and O–H groups in total. The zero-order valence-electron chi connectivity index (χ0n) is 13.0. The van der Waals surface area contributed by atoms with E-state index >= 15 is 0 Å². The number of piperidine rings is 1. The van der Waals surface area contributed by atoms with Crippen molar-refractivity contribution in [2.24, 2.45) is 0 Å². The van der Waals surface area contributed by atoms with Gasteiger partial charge in [0.05, 0.1) is 6.54 Å². The Balaban J connectivity index is 1.43. The van der Waals surface area contributed by atoms with Gasteiger partial charge in [-0.15, -0.1) is 5.10 Å². The third-order valence-corrected chi connectivity index (χ3v) is 3.96. The molecule has 8 heteroatoms. The maximum Gasteiger partial charge on any atom is 0.222 e. The molecule has 8 nitrogen and oxygen atoms in total. The van der Waals surface area contributed by atoms with Gasteiger partial charge < -0.3 is 5.32 Å². The summed E-state index contributed by atoms with van der Waals surface area (Å²) in [6.07, 6.45) is 7.72. The molecule has 23 heavy (non-hydrogen) atoms. The number of aromatic nitrogens is 5. The number of nitrogens with zero attached hydrogens (tertiary/aromatic N) is 6. The van der Waals surface area contributed by atoms with Crippen molar-refractivity contribution in [3.05, 3.63) is 36.4 Å². The number of rotatable bonds is 6. The first kappa shape index (κ1) is 15.5. The molecule has 1 amide bonds. The molecule has 122 valence electrons. The number of carbonyl (C=O) groups is 1. The number of likely N-dealkylation sites (tertiary alicyclic amines) is 1. The molecule has 1 saturated heterocycles. The van der Waals surface area contributed by atoms with E-state index in [0.29, 0.717) is 13.0 Å². The smallest absolute Gasteiger partial charge is 0.222 e. The largest absolute Gasteiger partial charge is 0.352 e. The fraction of sp³-hybridized carbons (Fsp3) is 0.533. The minimum Gasteiger partial charge on any atom is -0.352 e. The van der Waals surface area contributed by atoms with Gasteiger partial charge in [0, 0.05) is 37.9 Å². The van der Waals surface area contributed by atoms with Crippen LogP contribution in [-0.2, 0) is 17.9 Å². The summed E-state index contributed by atoms with van der Waals surface area (Å²) in [7, 11) is 0. The first-order valence-electron chi connectivity index (χ1n) is 7.91. The lowest BCUT2D eigenvalue weighted by molar-refractivity contribution is -0.122. The summed E-state index contributed by atoms with van der Waals surface area (Å²) in [5.74, 6) is 0.0497. The van der Waals surface area contributed by atoms with Crippen LogP contribution in [0.5, 0.6) is 0 Å². The van der Waals surface area contributed by atoms with E-state index in [4.69, 9.17) is 0 Å². The van der Waals surface area contributed by atoms with E-state index in [9.17, 15) is 4.79 Å². The van der Waals surface area contributed by atoms with Gasteiger partial charge in [-0.25, -0.2) is 4.68 Å². The lowest BCUT2D eigenvalue weighted by Crippen LogP contribution is -2.47. The molecule has 2 aromatic heterocycles. The maximum atomic E-state index is 12.0. The van der Waals surface area contributed by atoms with Crippen LogP contribution in [0.2, 0.25) is 0 Å². The van der Waals surface area contributed by atoms with Crippen molar-refractivity contribution in [3.8, 4) is 0 Å². The molecule has 0 unspecified atom stereocenters. The molecular formula is C15H21N7O. The van der Waals surface area contributed by atoms with Crippen molar-refractivity contribution in [1.82, 2.24) is 35.4 Å².